The standard InChI is InChI=1S/C7H15NO4/c1-7(11)3-12-6(10)4(9)5(7)8-2/h4-6,8-11H,3H2,1-2H3. The van der Waals surface area contributed by atoms with Crippen LogP contribution < -0.4 is 5.32 Å². The summed E-state index contributed by atoms with van der Waals surface area (Å²) in [6.07, 6.45) is -2.32. The topological polar surface area (TPSA) is 82.0 Å². The van der Waals surface area contributed by atoms with Crippen LogP contribution in [-0.4, -0.2) is 53.0 Å². The van der Waals surface area contributed by atoms with Crippen LogP contribution in [0.15, 0.2) is 0 Å². The number of ether oxygens (including phenoxy) is 1. The summed E-state index contributed by atoms with van der Waals surface area (Å²) >= 11 is 0. The van der Waals surface area contributed by atoms with Gasteiger partial charge in [0.25, 0.3) is 0 Å². The van der Waals surface area contributed by atoms with E-state index >= 15 is 0 Å². The van der Waals surface area contributed by atoms with Gasteiger partial charge in [-0.25, -0.2) is 0 Å². The molecule has 0 aromatic heterocycles. The van der Waals surface area contributed by atoms with Gasteiger partial charge in [-0.15, -0.1) is 0 Å². The average molecular weight is 177 g/mol. The van der Waals surface area contributed by atoms with Gasteiger partial charge in [-0.2, -0.15) is 0 Å². The Balaban J connectivity index is 2.72. The van der Waals surface area contributed by atoms with Crippen molar-refractivity contribution >= 4 is 0 Å². The van der Waals surface area contributed by atoms with Crippen LogP contribution in [0.25, 0.3) is 0 Å². The number of aliphatic hydroxyl groups is 3. The Morgan fingerprint density at radius 3 is 2.50 bits per heavy atom. The molecule has 1 aliphatic heterocycles. The van der Waals surface area contributed by atoms with E-state index in [9.17, 15) is 10.2 Å². The van der Waals surface area contributed by atoms with Crippen molar-refractivity contribution in [3.8, 4) is 0 Å². The van der Waals surface area contributed by atoms with E-state index in [2.05, 4.69) is 5.32 Å². The van der Waals surface area contributed by atoms with Gasteiger partial charge in [-0.3, -0.25) is 0 Å². The van der Waals surface area contributed by atoms with Gasteiger partial charge in [0.1, 0.15) is 11.7 Å². The summed E-state index contributed by atoms with van der Waals surface area (Å²) in [6, 6.07) is -0.568. The summed E-state index contributed by atoms with van der Waals surface area (Å²) in [6.45, 7) is 1.56. The first kappa shape index (κ1) is 9.88. The number of hydrogen-bond acceptors (Lipinski definition) is 5. The summed E-state index contributed by atoms with van der Waals surface area (Å²) in [4.78, 5) is 0. The van der Waals surface area contributed by atoms with Crippen molar-refractivity contribution in [2.45, 2.75) is 31.0 Å². The quantitative estimate of drug-likeness (QED) is 0.374. The molecule has 1 heterocycles. The summed E-state index contributed by atoms with van der Waals surface area (Å²) in [5, 5.41) is 30.9. The van der Waals surface area contributed by atoms with Crippen molar-refractivity contribution in [1.29, 1.82) is 0 Å². The third kappa shape index (κ3) is 1.60. The van der Waals surface area contributed by atoms with Crippen molar-refractivity contribution < 1.29 is 20.1 Å². The minimum absolute atomic E-state index is 0.0106. The third-order valence-corrected chi connectivity index (χ3v) is 2.16. The normalized spacial score (nSPS) is 49.2. The highest BCUT2D eigenvalue weighted by atomic mass is 16.6. The molecule has 0 radical (unpaired) electrons. The molecule has 0 amide bonds. The number of rotatable bonds is 1. The largest absolute Gasteiger partial charge is 0.386 e. The molecular weight excluding hydrogens is 162 g/mol. The molecule has 4 N–H and O–H groups in total. The van der Waals surface area contributed by atoms with Gasteiger partial charge >= 0.3 is 0 Å². The third-order valence-electron chi connectivity index (χ3n) is 2.16. The SMILES string of the molecule is CNC1C(O)C(O)OCC1(C)O. The molecule has 1 saturated heterocycles. The number of hydrogen-bond donors (Lipinski definition) is 4. The molecule has 0 bridgehead atoms. The van der Waals surface area contributed by atoms with Gasteiger partial charge in [0, 0.05) is 0 Å². The van der Waals surface area contributed by atoms with Crippen LogP contribution >= 0.6 is 0 Å². The molecule has 0 aliphatic carbocycles. The molecule has 1 aliphatic rings. The monoisotopic (exact) mass is 177 g/mol. The predicted octanol–water partition coefficient (Wildman–Crippen LogP) is -1.97. The average Bonchev–Trinajstić information content (AvgIpc) is 1.99. The summed E-state index contributed by atoms with van der Waals surface area (Å²) in [5.41, 5.74) is -1.15. The fraction of sp³-hybridized carbons (Fsp3) is 1.00. The number of likely N-dealkylation sites (N-methyl/N-ethyl adjacent to an activating group) is 1. The van der Waals surface area contributed by atoms with E-state index < -0.39 is 24.0 Å². The van der Waals surface area contributed by atoms with Gasteiger partial charge < -0.3 is 25.4 Å². The maximum atomic E-state index is 9.66. The first-order chi connectivity index (χ1) is 5.49. The molecule has 4 atom stereocenters. The van der Waals surface area contributed by atoms with E-state index in [-0.39, 0.29) is 6.61 Å². The molecule has 4 unspecified atom stereocenters. The van der Waals surface area contributed by atoms with E-state index in [1.807, 2.05) is 0 Å². The summed E-state index contributed by atoms with van der Waals surface area (Å²) < 4.78 is 4.75. The van der Waals surface area contributed by atoms with Crippen LogP contribution in [0, 0.1) is 0 Å². The molecule has 12 heavy (non-hydrogen) atoms. The van der Waals surface area contributed by atoms with Crippen molar-refractivity contribution in [3.63, 3.8) is 0 Å². The van der Waals surface area contributed by atoms with Gasteiger partial charge in [0.15, 0.2) is 6.29 Å². The van der Waals surface area contributed by atoms with E-state index in [0.29, 0.717) is 0 Å². The Morgan fingerprint density at radius 2 is 2.08 bits per heavy atom. The van der Waals surface area contributed by atoms with E-state index in [4.69, 9.17) is 9.84 Å². The van der Waals surface area contributed by atoms with Crippen LogP contribution in [0.1, 0.15) is 6.92 Å². The van der Waals surface area contributed by atoms with Crippen LogP contribution in [-0.2, 0) is 4.74 Å². The second kappa shape index (κ2) is 3.27. The van der Waals surface area contributed by atoms with Crippen molar-refractivity contribution in [3.05, 3.63) is 0 Å². The number of aliphatic hydroxyl groups excluding tert-OH is 2. The molecule has 1 rings (SSSR count). The molecule has 0 saturated carbocycles. The molecule has 72 valence electrons. The van der Waals surface area contributed by atoms with Crippen molar-refractivity contribution in [1.82, 2.24) is 5.32 Å². The zero-order valence-electron chi connectivity index (χ0n) is 7.19. The Kier molecular flexibility index (Phi) is 2.70. The Morgan fingerprint density at radius 1 is 1.50 bits per heavy atom. The lowest BCUT2D eigenvalue weighted by Crippen LogP contribution is -2.64. The second-order valence-corrected chi connectivity index (χ2v) is 3.32. The Labute approximate surface area is 71.0 Å². The highest BCUT2D eigenvalue weighted by Gasteiger charge is 2.44. The van der Waals surface area contributed by atoms with Crippen LogP contribution in [0.3, 0.4) is 0 Å². The molecule has 0 aromatic rings. The maximum Gasteiger partial charge on any atom is 0.182 e. The van der Waals surface area contributed by atoms with Gasteiger partial charge in [-0.1, -0.05) is 0 Å². The van der Waals surface area contributed by atoms with Crippen LogP contribution in [0.4, 0.5) is 0 Å². The molecule has 0 spiro atoms. The van der Waals surface area contributed by atoms with Gasteiger partial charge in [0.2, 0.25) is 0 Å². The van der Waals surface area contributed by atoms with E-state index in [0.717, 1.165) is 0 Å². The van der Waals surface area contributed by atoms with Gasteiger partial charge in [0.05, 0.1) is 12.6 Å². The Hall–Kier alpha value is -0.200. The van der Waals surface area contributed by atoms with Gasteiger partial charge in [-0.05, 0) is 14.0 Å². The molecule has 1 fully saturated rings. The first-order valence-corrected chi connectivity index (χ1v) is 3.86. The smallest absolute Gasteiger partial charge is 0.182 e. The molecular formula is C7H15NO4. The minimum atomic E-state index is -1.22. The second-order valence-electron chi connectivity index (χ2n) is 3.32. The molecule has 0 aromatic carbocycles. The summed E-state index contributed by atoms with van der Waals surface area (Å²) in [5.74, 6) is 0. The predicted molar refractivity (Wildman–Crippen MR) is 41.4 cm³/mol. The van der Waals surface area contributed by atoms with E-state index in [1.54, 1.807) is 14.0 Å². The fourth-order valence-electron chi connectivity index (χ4n) is 1.46. The lowest BCUT2D eigenvalue weighted by atomic mass is 9.90. The lowest BCUT2D eigenvalue weighted by Gasteiger charge is -2.42. The molecule has 5 nitrogen and oxygen atoms in total. The zero-order valence-corrected chi connectivity index (χ0v) is 7.19. The van der Waals surface area contributed by atoms with Crippen LogP contribution in [0.2, 0.25) is 0 Å². The zero-order chi connectivity index (χ0) is 9.35. The van der Waals surface area contributed by atoms with Crippen LogP contribution in [0.5, 0.6) is 0 Å². The molecule has 5 heteroatoms. The van der Waals surface area contributed by atoms with E-state index in [1.165, 1.54) is 0 Å². The maximum absolute atomic E-state index is 9.66. The highest BCUT2D eigenvalue weighted by molar-refractivity contribution is 4.96. The van der Waals surface area contributed by atoms with Crippen molar-refractivity contribution in [2.24, 2.45) is 0 Å². The Bertz CT molecular complexity index is 161. The fourth-order valence-corrected chi connectivity index (χ4v) is 1.46. The highest BCUT2D eigenvalue weighted by Crippen LogP contribution is 2.22. The summed E-state index contributed by atoms with van der Waals surface area (Å²) in [7, 11) is 1.61. The minimum Gasteiger partial charge on any atom is -0.386 e. The lowest BCUT2D eigenvalue weighted by molar-refractivity contribution is -0.248. The first-order valence-electron chi connectivity index (χ1n) is 3.86. The number of nitrogens with one attached hydrogen (secondary N) is 1. The van der Waals surface area contributed by atoms with Crippen molar-refractivity contribution in [2.75, 3.05) is 13.7 Å².